The van der Waals surface area contributed by atoms with Crippen LogP contribution in [0.4, 0.5) is 0 Å². The molecule has 0 saturated carbocycles. The summed E-state index contributed by atoms with van der Waals surface area (Å²) in [6, 6.07) is 1.94. The van der Waals surface area contributed by atoms with Gasteiger partial charge in [-0.3, -0.25) is 4.79 Å². The van der Waals surface area contributed by atoms with E-state index in [0.717, 1.165) is 31.5 Å². The van der Waals surface area contributed by atoms with Gasteiger partial charge in [-0.05, 0) is 25.8 Å². The molecule has 2 atom stereocenters. The number of aromatic nitrogens is 1. The van der Waals surface area contributed by atoms with E-state index >= 15 is 0 Å². The summed E-state index contributed by atoms with van der Waals surface area (Å²) in [5, 5.41) is 7.31. The number of nitrogens with zero attached hydrogens (tertiary/aromatic N) is 1. The smallest absolute Gasteiger partial charge is 0.157 e. The second kappa shape index (κ2) is 6.14. The van der Waals surface area contributed by atoms with Crippen LogP contribution in [-0.4, -0.2) is 23.5 Å². The Bertz CT molecular complexity index is 394. The van der Waals surface area contributed by atoms with E-state index in [1.165, 1.54) is 6.42 Å². The first kappa shape index (κ1) is 13.3. The Morgan fingerprint density at radius 1 is 1.61 bits per heavy atom. The van der Waals surface area contributed by atoms with Crippen molar-refractivity contribution in [3.63, 3.8) is 0 Å². The molecule has 4 nitrogen and oxygen atoms in total. The van der Waals surface area contributed by atoms with Gasteiger partial charge in [0.25, 0.3) is 0 Å². The fraction of sp³-hybridized carbons (Fsp3) is 0.714. The Balaban J connectivity index is 1.92. The van der Waals surface area contributed by atoms with Crippen LogP contribution < -0.4 is 5.32 Å². The molecule has 0 amide bonds. The summed E-state index contributed by atoms with van der Waals surface area (Å²) in [4.78, 5) is 12.1. The number of nitrogens with one attached hydrogen (secondary N) is 1. The second-order valence-corrected chi connectivity index (χ2v) is 5.17. The summed E-state index contributed by atoms with van der Waals surface area (Å²) < 4.78 is 5.25. The van der Waals surface area contributed by atoms with Crippen molar-refractivity contribution < 1.29 is 9.32 Å². The van der Waals surface area contributed by atoms with Gasteiger partial charge in [0.15, 0.2) is 5.78 Å². The zero-order valence-electron chi connectivity index (χ0n) is 11.2. The highest BCUT2D eigenvalue weighted by Gasteiger charge is 2.22. The molecule has 1 aliphatic rings. The molecule has 0 aliphatic carbocycles. The minimum absolute atomic E-state index is 0.0101. The Kier molecular flexibility index (Phi) is 4.53. The van der Waals surface area contributed by atoms with E-state index in [-0.39, 0.29) is 11.8 Å². The molecular weight excluding hydrogens is 228 g/mol. The third-order valence-corrected chi connectivity index (χ3v) is 3.74. The number of carbonyl (C=O) groups is 1. The van der Waals surface area contributed by atoms with Gasteiger partial charge in [-0.1, -0.05) is 25.4 Å². The van der Waals surface area contributed by atoms with Crippen molar-refractivity contribution in [1.29, 1.82) is 0 Å². The Morgan fingerprint density at radius 2 is 2.44 bits per heavy atom. The lowest BCUT2D eigenvalue weighted by Gasteiger charge is -2.21. The lowest BCUT2D eigenvalue weighted by Crippen LogP contribution is -2.41. The lowest BCUT2D eigenvalue weighted by atomic mass is 9.98. The summed E-state index contributed by atoms with van der Waals surface area (Å²) in [5.74, 6) is 1.31. The van der Waals surface area contributed by atoms with E-state index in [9.17, 15) is 4.79 Å². The zero-order valence-corrected chi connectivity index (χ0v) is 11.2. The minimum atomic E-state index is 0.0101. The van der Waals surface area contributed by atoms with E-state index in [1.807, 2.05) is 6.07 Å². The highest BCUT2D eigenvalue weighted by atomic mass is 16.5. The molecule has 0 radical (unpaired) electrons. The van der Waals surface area contributed by atoms with Crippen molar-refractivity contribution in [3.8, 4) is 0 Å². The molecule has 1 aromatic rings. The first-order chi connectivity index (χ1) is 8.70. The maximum Gasteiger partial charge on any atom is 0.157 e. The number of hydrogen-bond acceptors (Lipinski definition) is 4. The van der Waals surface area contributed by atoms with Crippen molar-refractivity contribution >= 4 is 5.78 Å². The van der Waals surface area contributed by atoms with Gasteiger partial charge < -0.3 is 9.84 Å². The molecule has 0 bridgehead atoms. The summed E-state index contributed by atoms with van der Waals surface area (Å²) in [6.07, 6.45) is 4.65. The molecule has 0 spiro atoms. The first-order valence-electron chi connectivity index (χ1n) is 6.92. The predicted molar refractivity (Wildman–Crippen MR) is 69.6 cm³/mol. The fourth-order valence-corrected chi connectivity index (χ4v) is 2.28. The van der Waals surface area contributed by atoms with Gasteiger partial charge in [-0.2, -0.15) is 0 Å². The summed E-state index contributed by atoms with van der Waals surface area (Å²) in [5.41, 5.74) is 0.955. The summed E-state index contributed by atoms with van der Waals surface area (Å²) >= 11 is 0. The third-order valence-electron chi connectivity index (χ3n) is 3.74. The average molecular weight is 250 g/mol. The molecule has 2 heterocycles. The lowest BCUT2D eigenvalue weighted by molar-refractivity contribution is -0.121. The van der Waals surface area contributed by atoms with E-state index in [1.54, 1.807) is 0 Å². The average Bonchev–Trinajstić information content (AvgIpc) is 2.87. The monoisotopic (exact) mass is 250 g/mol. The molecule has 1 N–H and O–H groups in total. The quantitative estimate of drug-likeness (QED) is 0.872. The topological polar surface area (TPSA) is 55.1 Å². The molecule has 1 aliphatic heterocycles. The van der Waals surface area contributed by atoms with Crippen molar-refractivity contribution in [1.82, 2.24) is 10.5 Å². The van der Waals surface area contributed by atoms with Gasteiger partial charge in [0.1, 0.15) is 5.76 Å². The Labute approximate surface area is 108 Å². The van der Waals surface area contributed by atoms with Crippen LogP contribution in [0.1, 0.15) is 56.9 Å². The largest absolute Gasteiger partial charge is 0.361 e. The molecule has 18 heavy (non-hydrogen) atoms. The molecule has 2 rings (SSSR count). The standard InChI is InChI=1S/C14H22N2O2/c1-3-10(2)13-8-11(18-16-13)9-14(17)12-6-4-5-7-15-12/h8,10,12,15H,3-7,9H2,1-2H3/t10?,12-/m0/s1. The normalized spacial score (nSPS) is 21.8. The van der Waals surface area contributed by atoms with Crippen LogP contribution in [0.3, 0.4) is 0 Å². The van der Waals surface area contributed by atoms with Crippen LogP contribution >= 0.6 is 0 Å². The number of ketones is 1. The number of carbonyl (C=O) groups excluding carboxylic acids is 1. The van der Waals surface area contributed by atoms with Crippen molar-refractivity contribution in [3.05, 3.63) is 17.5 Å². The molecule has 1 saturated heterocycles. The molecule has 100 valence electrons. The molecule has 4 heteroatoms. The van der Waals surface area contributed by atoms with Crippen LogP contribution in [0.15, 0.2) is 10.6 Å². The number of Topliss-reactive ketones (excluding diaryl/α,β-unsaturated/α-hetero) is 1. The van der Waals surface area contributed by atoms with Gasteiger partial charge in [0.05, 0.1) is 18.2 Å². The van der Waals surface area contributed by atoms with E-state index in [2.05, 4.69) is 24.3 Å². The zero-order chi connectivity index (χ0) is 13.0. The van der Waals surface area contributed by atoms with Gasteiger partial charge in [-0.25, -0.2) is 0 Å². The number of piperidine rings is 1. The minimum Gasteiger partial charge on any atom is -0.361 e. The van der Waals surface area contributed by atoms with Gasteiger partial charge in [-0.15, -0.1) is 0 Å². The molecular formula is C14H22N2O2. The molecule has 0 aromatic carbocycles. The SMILES string of the molecule is CCC(C)c1cc(CC(=O)[C@@H]2CCCCN2)on1. The second-order valence-electron chi connectivity index (χ2n) is 5.17. The predicted octanol–water partition coefficient (Wildman–Crippen LogP) is 2.44. The van der Waals surface area contributed by atoms with Crippen molar-refractivity contribution in [2.45, 2.75) is 57.9 Å². The Morgan fingerprint density at radius 3 is 3.11 bits per heavy atom. The van der Waals surface area contributed by atoms with Crippen LogP contribution in [-0.2, 0) is 11.2 Å². The number of hydrogen-bond donors (Lipinski definition) is 1. The summed E-state index contributed by atoms with van der Waals surface area (Å²) in [6.45, 7) is 5.19. The van der Waals surface area contributed by atoms with Crippen molar-refractivity contribution in [2.75, 3.05) is 6.54 Å². The highest BCUT2D eigenvalue weighted by molar-refractivity contribution is 5.85. The van der Waals surface area contributed by atoms with Crippen LogP contribution in [0, 0.1) is 0 Å². The van der Waals surface area contributed by atoms with Gasteiger partial charge in [0, 0.05) is 12.0 Å². The Hall–Kier alpha value is -1.16. The molecule has 1 aromatic heterocycles. The molecule has 1 fully saturated rings. The number of rotatable bonds is 5. The van der Waals surface area contributed by atoms with Crippen LogP contribution in [0.2, 0.25) is 0 Å². The maximum absolute atomic E-state index is 12.1. The van der Waals surface area contributed by atoms with E-state index < -0.39 is 0 Å². The van der Waals surface area contributed by atoms with Gasteiger partial charge >= 0.3 is 0 Å². The highest BCUT2D eigenvalue weighted by Crippen LogP contribution is 2.19. The first-order valence-corrected chi connectivity index (χ1v) is 6.92. The van der Waals surface area contributed by atoms with E-state index in [4.69, 9.17) is 4.52 Å². The van der Waals surface area contributed by atoms with Crippen molar-refractivity contribution in [2.24, 2.45) is 0 Å². The molecule has 1 unspecified atom stereocenters. The maximum atomic E-state index is 12.1. The fourth-order valence-electron chi connectivity index (χ4n) is 2.28. The van der Waals surface area contributed by atoms with Crippen LogP contribution in [0.25, 0.3) is 0 Å². The third kappa shape index (κ3) is 3.19. The summed E-state index contributed by atoms with van der Waals surface area (Å²) in [7, 11) is 0. The van der Waals surface area contributed by atoms with Gasteiger partial charge in [0.2, 0.25) is 0 Å². The van der Waals surface area contributed by atoms with E-state index in [0.29, 0.717) is 18.1 Å². The van der Waals surface area contributed by atoms with Crippen LogP contribution in [0.5, 0.6) is 0 Å².